The Morgan fingerprint density at radius 2 is 1.95 bits per heavy atom. The maximum atomic E-state index is 11.8. The Labute approximate surface area is 127 Å². The third kappa shape index (κ3) is 8.26. The molecule has 1 amide bonds. The Balaban J connectivity index is 2.07. The van der Waals surface area contributed by atoms with Crippen molar-refractivity contribution in [2.24, 2.45) is 0 Å². The van der Waals surface area contributed by atoms with E-state index in [0.717, 1.165) is 12.2 Å². The van der Waals surface area contributed by atoms with Crippen LogP contribution in [0.4, 0.5) is 0 Å². The van der Waals surface area contributed by atoms with Crippen molar-refractivity contribution < 1.29 is 4.79 Å². The zero-order valence-electron chi connectivity index (χ0n) is 12.7. The number of unbranched alkanes of at least 4 members (excludes halogenated alkanes) is 3. The highest BCUT2D eigenvalue weighted by atomic mass is 32.2. The first-order chi connectivity index (χ1) is 9.72. The summed E-state index contributed by atoms with van der Waals surface area (Å²) < 4.78 is 0. The summed E-state index contributed by atoms with van der Waals surface area (Å²) in [6.45, 7) is 4.32. The number of amides is 1. The van der Waals surface area contributed by atoms with Crippen LogP contribution in [0.15, 0.2) is 30.3 Å². The van der Waals surface area contributed by atoms with E-state index in [-0.39, 0.29) is 5.91 Å². The fraction of sp³-hybridized carbons (Fsp3) is 0.588. The lowest BCUT2D eigenvalue weighted by Crippen LogP contribution is -2.33. The smallest absolute Gasteiger partial charge is 0.230 e. The molecule has 20 heavy (non-hydrogen) atoms. The molecule has 1 aromatic rings. The predicted molar refractivity (Wildman–Crippen MR) is 89.0 cm³/mol. The minimum atomic E-state index is 0.161. The van der Waals surface area contributed by atoms with Crippen LogP contribution in [0.25, 0.3) is 0 Å². The van der Waals surface area contributed by atoms with Crippen molar-refractivity contribution in [3.05, 3.63) is 35.9 Å². The van der Waals surface area contributed by atoms with Gasteiger partial charge in [0.15, 0.2) is 0 Å². The quantitative estimate of drug-likeness (QED) is 0.648. The Bertz CT molecular complexity index is 367. The van der Waals surface area contributed by atoms with Crippen molar-refractivity contribution >= 4 is 17.7 Å². The molecule has 112 valence electrons. The van der Waals surface area contributed by atoms with E-state index in [1.807, 2.05) is 18.2 Å². The third-order valence-corrected chi connectivity index (χ3v) is 4.25. The van der Waals surface area contributed by atoms with Crippen molar-refractivity contribution in [2.75, 3.05) is 5.75 Å². The molecular formula is C17H27NOS. The summed E-state index contributed by atoms with van der Waals surface area (Å²) in [6, 6.07) is 10.6. The summed E-state index contributed by atoms with van der Waals surface area (Å²) >= 11 is 1.68. The minimum Gasteiger partial charge on any atom is -0.353 e. The molecule has 2 nitrogen and oxygen atoms in total. The first kappa shape index (κ1) is 17.1. The molecule has 0 radical (unpaired) electrons. The lowest BCUT2D eigenvalue weighted by atomic mass is 10.1. The van der Waals surface area contributed by atoms with Crippen molar-refractivity contribution in [3.63, 3.8) is 0 Å². The molecule has 0 saturated carbocycles. The van der Waals surface area contributed by atoms with Crippen LogP contribution in [0.1, 0.15) is 51.5 Å². The van der Waals surface area contributed by atoms with Crippen LogP contribution in [-0.2, 0) is 10.5 Å². The van der Waals surface area contributed by atoms with E-state index in [0.29, 0.717) is 11.8 Å². The van der Waals surface area contributed by atoms with Crippen LogP contribution in [0.2, 0.25) is 0 Å². The van der Waals surface area contributed by atoms with Crippen LogP contribution in [0, 0.1) is 0 Å². The zero-order chi connectivity index (χ0) is 14.6. The van der Waals surface area contributed by atoms with Gasteiger partial charge in [-0.3, -0.25) is 4.79 Å². The molecule has 0 aromatic heterocycles. The van der Waals surface area contributed by atoms with Gasteiger partial charge in [0, 0.05) is 11.8 Å². The molecule has 0 fully saturated rings. The molecule has 0 heterocycles. The fourth-order valence-electron chi connectivity index (χ4n) is 2.10. The molecular weight excluding hydrogens is 266 g/mol. The van der Waals surface area contributed by atoms with E-state index in [2.05, 4.69) is 31.3 Å². The van der Waals surface area contributed by atoms with Crippen LogP contribution in [0.3, 0.4) is 0 Å². The van der Waals surface area contributed by atoms with Gasteiger partial charge in [-0.15, -0.1) is 11.8 Å². The summed E-state index contributed by atoms with van der Waals surface area (Å²) in [5.74, 6) is 1.61. The number of carbonyl (C=O) groups excluding carboxylic acids is 1. The summed E-state index contributed by atoms with van der Waals surface area (Å²) in [5, 5.41) is 3.08. The number of hydrogen-bond acceptors (Lipinski definition) is 2. The number of rotatable bonds is 10. The zero-order valence-corrected chi connectivity index (χ0v) is 13.5. The van der Waals surface area contributed by atoms with Crippen LogP contribution >= 0.6 is 11.8 Å². The first-order valence-corrected chi connectivity index (χ1v) is 8.79. The summed E-state index contributed by atoms with van der Waals surface area (Å²) in [7, 11) is 0. The van der Waals surface area contributed by atoms with E-state index < -0.39 is 0 Å². The molecule has 0 aliphatic carbocycles. The van der Waals surface area contributed by atoms with Gasteiger partial charge in [-0.2, -0.15) is 0 Å². The maximum Gasteiger partial charge on any atom is 0.230 e. The van der Waals surface area contributed by atoms with Gasteiger partial charge in [-0.05, 0) is 18.9 Å². The van der Waals surface area contributed by atoms with E-state index in [4.69, 9.17) is 0 Å². The fourth-order valence-corrected chi connectivity index (χ4v) is 2.90. The average Bonchev–Trinajstić information content (AvgIpc) is 2.45. The monoisotopic (exact) mass is 293 g/mol. The molecule has 1 atom stereocenters. The van der Waals surface area contributed by atoms with Gasteiger partial charge < -0.3 is 5.32 Å². The normalized spacial score (nSPS) is 12.1. The lowest BCUT2D eigenvalue weighted by Gasteiger charge is -2.13. The van der Waals surface area contributed by atoms with E-state index in [1.165, 1.54) is 31.2 Å². The molecule has 1 unspecified atom stereocenters. The molecule has 1 N–H and O–H groups in total. The third-order valence-electron chi connectivity index (χ3n) is 3.24. The van der Waals surface area contributed by atoms with Crippen LogP contribution < -0.4 is 5.32 Å². The molecule has 1 aromatic carbocycles. The number of hydrogen-bond donors (Lipinski definition) is 1. The van der Waals surface area contributed by atoms with Crippen LogP contribution in [0.5, 0.6) is 0 Å². The highest BCUT2D eigenvalue weighted by Crippen LogP contribution is 2.11. The van der Waals surface area contributed by atoms with Crippen molar-refractivity contribution in [1.29, 1.82) is 0 Å². The second kappa shape index (κ2) is 10.8. The van der Waals surface area contributed by atoms with Crippen LogP contribution in [-0.4, -0.2) is 17.7 Å². The van der Waals surface area contributed by atoms with Crippen molar-refractivity contribution in [3.8, 4) is 0 Å². The van der Waals surface area contributed by atoms with Gasteiger partial charge in [-0.1, -0.05) is 62.9 Å². The van der Waals surface area contributed by atoms with Gasteiger partial charge in [0.2, 0.25) is 5.91 Å². The van der Waals surface area contributed by atoms with Gasteiger partial charge in [0.05, 0.1) is 5.75 Å². The first-order valence-electron chi connectivity index (χ1n) is 7.63. The summed E-state index contributed by atoms with van der Waals surface area (Å²) in [5.41, 5.74) is 1.28. The van der Waals surface area contributed by atoms with Gasteiger partial charge in [0.25, 0.3) is 0 Å². The highest BCUT2D eigenvalue weighted by Gasteiger charge is 2.07. The molecule has 0 bridgehead atoms. The summed E-state index contributed by atoms with van der Waals surface area (Å²) in [4.78, 5) is 11.8. The van der Waals surface area contributed by atoms with Gasteiger partial charge in [0.1, 0.15) is 0 Å². The van der Waals surface area contributed by atoms with E-state index in [1.54, 1.807) is 11.8 Å². The summed E-state index contributed by atoms with van der Waals surface area (Å²) in [6.07, 6.45) is 6.14. The Morgan fingerprint density at radius 3 is 2.65 bits per heavy atom. The molecule has 0 aliphatic rings. The minimum absolute atomic E-state index is 0.161. The average molecular weight is 293 g/mol. The number of benzene rings is 1. The van der Waals surface area contributed by atoms with E-state index in [9.17, 15) is 4.79 Å². The molecule has 1 rings (SSSR count). The Hall–Kier alpha value is -0.960. The van der Waals surface area contributed by atoms with E-state index >= 15 is 0 Å². The Kier molecular flexibility index (Phi) is 9.22. The standard InChI is InChI=1S/C17H27NOS/c1-3-4-5-7-10-15(2)18-17(19)14-20-13-16-11-8-6-9-12-16/h6,8-9,11-12,15H,3-5,7,10,13-14H2,1-2H3,(H,18,19). The maximum absolute atomic E-state index is 11.8. The Morgan fingerprint density at radius 1 is 1.20 bits per heavy atom. The van der Waals surface area contributed by atoms with Gasteiger partial charge >= 0.3 is 0 Å². The number of thioether (sulfide) groups is 1. The largest absolute Gasteiger partial charge is 0.353 e. The second-order valence-corrected chi connectivity index (χ2v) is 6.28. The highest BCUT2D eigenvalue weighted by molar-refractivity contribution is 7.99. The molecule has 0 aliphatic heterocycles. The number of carbonyl (C=O) groups is 1. The molecule has 3 heteroatoms. The topological polar surface area (TPSA) is 29.1 Å². The van der Waals surface area contributed by atoms with Gasteiger partial charge in [-0.25, -0.2) is 0 Å². The number of nitrogens with one attached hydrogen (secondary N) is 1. The van der Waals surface area contributed by atoms with Crippen molar-refractivity contribution in [1.82, 2.24) is 5.32 Å². The predicted octanol–water partition coefficient (Wildman–Crippen LogP) is 4.39. The second-order valence-electron chi connectivity index (χ2n) is 5.30. The lowest BCUT2D eigenvalue weighted by molar-refractivity contribution is -0.119. The SMILES string of the molecule is CCCCCCC(C)NC(=O)CSCc1ccccc1. The molecule has 0 spiro atoms. The van der Waals surface area contributed by atoms with Crippen molar-refractivity contribution in [2.45, 2.75) is 57.7 Å². The molecule has 0 saturated heterocycles.